The molecule has 0 saturated heterocycles. The highest BCUT2D eigenvalue weighted by molar-refractivity contribution is 6.00. The normalized spacial score (nSPS) is 17.3. The SMILES string of the molecule is CCC(C)C1C(=O)Nc2ccccc2CN1C(=O)Nc1ccc(=O)n(CC)c1. The minimum atomic E-state index is -0.588. The second-order valence-electron chi connectivity index (χ2n) is 7.08. The number of carbonyl (C=O) groups excluding carboxylic acids is 2. The minimum absolute atomic E-state index is 0.00958. The van der Waals surface area contributed by atoms with Gasteiger partial charge in [0.15, 0.2) is 0 Å². The molecule has 1 aromatic heterocycles. The van der Waals surface area contributed by atoms with Gasteiger partial charge in [-0.15, -0.1) is 0 Å². The Labute approximate surface area is 164 Å². The molecule has 2 N–H and O–H groups in total. The fourth-order valence-corrected chi connectivity index (χ4v) is 3.44. The fraction of sp³-hybridized carbons (Fsp3) is 0.381. The number of para-hydroxylation sites is 1. The number of fused-ring (bicyclic) bond motifs is 1. The van der Waals surface area contributed by atoms with Gasteiger partial charge in [-0.3, -0.25) is 9.59 Å². The third kappa shape index (κ3) is 3.93. The quantitative estimate of drug-likeness (QED) is 0.851. The Morgan fingerprint density at radius 2 is 1.96 bits per heavy atom. The first-order valence-electron chi connectivity index (χ1n) is 9.61. The Morgan fingerprint density at radius 3 is 2.68 bits per heavy atom. The Hall–Kier alpha value is -3.09. The van der Waals surface area contributed by atoms with Gasteiger partial charge in [-0.25, -0.2) is 4.79 Å². The Bertz CT molecular complexity index is 937. The first kappa shape index (κ1) is 19.7. The van der Waals surface area contributed by atoms with Gasteiger partial charge in [-0.1, -0.05) is 38.5 Å². The van der Waals surface area contributed by atoms with Crippen LogP contribution in [0.2, 0.25) is 0 Å². The molecule has 1 aliphatic heterocycles. The highest BCUT2D eigenvalue weighted by atomic mass is 16.2. The molecule has 2 heterocycles. The van der Waals surface area contributed by atoms with Gasteiger partial charge in [0, 0.05) is 24.5 Å². The lowest BCUT2D eigenvalue weighted by Crippen LogP contribution is -2.50. The van der Waals surface area contributed by atoms with Crippen molar-refractivity contribution in [3.63, 3.8) is 0 Å². The molecule has 0 aliphatic carbocycles. The van der Waals surface area contributed by atoms with E-state index in [1.165, 1.54) is 10.6 Å². The molecule has 0 spiro atoms. The average Bonchev–Trinajstić information content (AvgIpc) is 2.84. The Morgan fingerprint density at radius 1 is 1.21 bits per heavy atom. The van der Waals surface area contributed by atoms with Crippen LogP contribution >= 0.6 is 0 Å². The lowest BCUT2D eigenvalue weighted by Gasteiger charge is -2.32. The van der Waals surface area contributed by atoms with E-state index in [1.54, 1.807) is 17.2 Å². The lowest BCUT2D eigenvalue weighted by molar-refractivity contribution is -0.121. The number of rotatable bonds is 4. The number of nitrogens with zero attached hydrogens (tertiary/aromatic N) is 2. The van der Waals surface area contributed by atoms with Crippen molar-refractivity contribution in [2.45, 2.75) is 46.3 Å². The Balaban J connectivity index is 1.94. The van der Waals surface area contributed by atoms with E-state index in [1.807, 2.05) is 45.0 Å². The summed E-state index contributed by atoms with van der Waals surface area (Å²) in [6.45, 7) is 6.67. The fourth-order valence-electron chi connectivity index (χ4n) is 3.44. The van der Waals surface area contributed by atoms with Crippen LogP contribution in [0, 0.1) is 5.92 Å². The molecule has 2 atom stereocenters. The molecule has 0 bridgehead atoms. The molecule has 1 aromatic carbocycles. The van der Waals surface area contributed by atoms with Crippen LogP contribution in [0.25, 0.3) is 0 Å². The summed E-state index contributed by atoms with van der Waals surface area (Å²) in [5, 5.41) is 5.81. The molecule has 7 nitrogen and oxygen atoms in total. The van der Waals surface area contributed by atoms with Crippen LogP contribution in [0.15, 0.2) is 47.4 Å². The van der Waals surface area contributed by atoms with E-state index in [-0.39, 0.29) is 23.4 Å². The number of hydrogen-bond acceptors (Lipinski definition) is 3. The van der Waals surface area contributed by atoms with Crippen LogP contribution in [-0.2, 0) is 17.9 Å². The van der Waals surface area contributed by atoms with Crippen LogP contribution in [0.5, 0.6) is 0 Å². The summed E-state index contributed by atoms with van der Waals surface area (Å²) >= 11 is 0. The molecule has 2 aromatic rings. The van der Waals surface area contributed by atoms with E-state index in [9.17, 15) is 14.4 Å². The number of urea groups is 1. The zero-order valence-electron chi connectivity index (χ0n) is 16.4. The van der Waals surface area contributed by atoms with E-state index in [4.69, 9.17) is 0 Å². The van der Waals surface area contributed by atoms with Crippen molar-refractivity contribution in [1.82, 2.24) is 9.47 Å². The molecule has 28 heavy (non-hydrogen) atoms. The van der Waals surface area contributed by atoms with Crippen molar-refractivity contribution in [3.8, 4) is 0 Å². The molecule has 2 unspecified atom stereocenters. The van der Waals surface area contributed by atoms with Crippen molar-refractivity contribution in [3.05, 3.63) is 58.5 Å². The maximum atomic E-state index is 13.1. The van der Waals surface area contributed by atoms with Crippen molar-refractivity contribution >= 4 is 23.3 Å². The first-order valence-corrected chi connectivity index (χ1v) is 9.61. The average molecular weight is 382 g/mol. The van der Waals surface area contributed by atoms with Gasteiger partial charge in [0.05, 0.1) is 12.2 Å². The summed E-state index contributed by atoms with van der Waals surface area (Å²) in [5.41, 5.74) is 2.01. The molecule has 3 amide bonds. The van der Waals surface area contributed by atoms with Crippen molar-refractivity contribution in [1.29, 1.82) is 0 Å². The highest BCUT2D eigenvalue weighted by Crippen LogP contribution is 2.27. The lowest BCUT2D eigenvalue weighted by atomic mass is 9.97. The molecular weight excluding hydrogens is 356 g/mol. The predicted octanol–water partition coefficient (Wildman–Crippen LogP) is 3.27. The smallest absolute Gasteiger partial charge is 0.322 e. The standard InChI is InChI=1S/C21H26N4O3/c1-4-14(3)19-20(27)23-17-9-7-6-8-15(17)12-25(19)21(28)22-16-10-11-18(26)24(5-2)13-16/h6-11,13-14,19H,4-5,12H2,1-3H3,(H,22,28)(H,23,27). The van der Waals surface area contributed by atoms with Crippen LogP contribution in [0.3, 0.4) is 0 Å². The zero-order chi connectivity index (χ0) is 20.3. The number of aromatic nitrogens is 1. The maximum absolute atomic E-state index is 13.1. The third-order valence-electron chi connectivity index (χ3n) is 5.24. The van der Waals surface area contributed by atoms with Gasteiger partial charge >= 0.3 is 6.03 Å². The van der Waals surface area contributed by atoms with Crippen molar-refractivity contribution in [2.24, 2.45) is 5.92 Å². The molecule has 148 valence electrons. The third-order valence-corrected chi connectivity index (χ3v) is 5.24. The first-order chi connectivity index (χ1) is 13.4. The Kier molecular flexibility index (Phi) is 5.82. The molecule has 0 saturated carbocycles. The molecule has 0 radical (unpaired) electrons. The van der Waals surface area contributed by atoms with E-state index in [0.717, 1.165) is 17.7 Å². The molecule has 7 heteroatoms. The van der Waals surface area contributed by atoms with E-state index in [2.05, 4.69) is 10.6 Å². The van der Waals surface area contributed by atoms with Crippen LogP contribution in [-0.4, -0.2) is 27.4 Å². The second-order valence-corrected chi connectivity index (χ2v) is 7.08. The number of pyridine rings is 1. The van der Waals surface area contributed by atoms with Crippen LogP contribution in [0.4, 0.5) is 16.2 Å². The largest absolute Gasteiger partial charge is 0.324 e. The number of carbonyl (C=O) groups is 2. The summed E-state index contributed by atoms with van der Waals surface area (Å²) in [4.78, 5) is 39.4. The van der Waals surface area contributed by atoms with Gasteiger partial charge in [0.25, 0.3) is 5.56 Å². The molecule has 0 fully saturated rings. The summed E-state index contributed by atoms with van der Waals surface area (Å²) in [5.74, 6) is -0.197. The summed E-state index contributed by atoms with van der Waals surface area (Å²) < 4.78 is 1.52. The van der Waals surface area contributed by atoms with Gasteiger partial charge in [-0.2, -0.15) is 0 Å². The number of hydrogen-bond donors (Lipinski definition) is 2. The summed E-state index contributed by atoms with van der Waals surface area (Å²) in [6.07, 6.45) is 2.38. The number of amides is 3. The maximum Gasteiger partial charge on any atom is 0.322 e. The number of nitrogens with one attached hydrogen (secondary N) is 2. The highest BCUT2D eigenvalue weighted by Gasteiger charge is 2.36. The van der Waals surface area contributed by atoms with E-state index >= 15 is 0 Å². The zero-order valence-corrected chi connectivity index (χ0v) is 16.4. The predicted molar refractivity (Wildman–Crippen MR) is 109 cm³/mol. The van der Waals surface area contributed by atoms with Gasteiger partial charge in [-0.05, 0) is 30.5 Å². The van der Waals surface area contributed by atoms with Crippen molar-refractivity contribution < 1.29 is 9.59 Å². The van der Waals surface area contributed by atoms with Gasteiger partial charge in [0.2, 0.25) is 5.91 Å². The topological polar surface area (TPSA) is 83.4 Å². The summed E-state index contributed by atoms with van der Waals surface area (Å²) in [7, 11) is 0. The number of anilines is 2. The molecule has 3 rings (SSSR count). The number of aryl methyl sites for hydroxylation is 1. The minimum Gasteiger partial charge on any atom is -0.324 e. The van der Waals surface area contributed by atoms with E-state index < -0.39 is 6.04 Å². The van der Waals surface area contributed by atoms with Gasteiger partial charge in [0.1, 0.15) is 6.04 Å². The molecular formula is C21H26N4O3. The number of benzene rings is 1. The van der Waals surface area contributed by atoms with Gasteiger partial charge < -0.3 is 20.1 Å². The molecule has 1 aliphatic rings. The van der Waals surface area contributed by atoms with Crippen LogP contribution in [0.1, 0.15) is 32.8 Å². The summed E-state index contributed by atoms with van der Waals surface area (Å²) in [6, 6.07) is 9.56. The van der Waals surface area contributed by atoms with Crippen LogP contribution < -0.4 is 16.2 Å². The van der Waals surface area contributed by atoms with Crippen molar-refractivity contribution in [2.75, 3.05) is 10.6 Å². The van der Waals surface area contributed by atoms with E-state index in [0.29, 0.717) is 18.8 Å². The second kappa shape index (κ2) is 8.29. The monoisotopic (exact) mass is 382 g/mol.